The second-order valence-electron chi connectivity index (χ2n) is 6.05. The second-order valence-corrected chi connectivity index (χ2v) is 6.05. The molecular formula is C15H23NO4. The molecule has 0 bridgehead atoms. The molecule has 1 aliphatic carbocycles. The summed E-state index contributed by atoms with van der Waals surface area (Å²) in [7, 11) is 0. The van der Waals surface area contributed by atoms with E-state index in [9.17, 15) is 14.4 Å². The molecule has 1 saturated carbocycles. The van der Waals surface area contributed by atoms with Gasteiger partial charge in [-0.25, -0.2) is 0 Å². The van der Waals surface area contributed by atoms with Gasteiger partial charge in [-0.05, 0) is 25.2 Å². The summed E-state index contributed by atoms with van der Waals surface area (Å²) in [6, 6.07) is -0.469. The lowest BCUT2D eigenvalue weighted by Crippen LogP contribution is -2.42. The van der Waals surface area contributed by atoms with Crippen LogP contribution in [-0.4, -0.2) is 33.8 Å². The lowest BCUT2D eigenvalue weighted by atomic mass is 10.00. The van der Waals surface area contributed by atoms with Crippen molar-refractivity contribution in [3.05, 3.63) is 0 Å². The van der Waals surface area contributed by atoms with Crippen LogP contribution in [0.15, 0.2) is 0 Å². The Hall–Kier alpha value is -1.39. The molecule has 1 saturated heterocycles. The van der Waals surface area contributed by atoms with Crippen LogP contribution in [0.25, 0.3) is 0 Å². The first-order valence-electron chi connectivity index (χ1n) is 7.58. The highest BCUT2D eigenvalue weighted by Gasteiger charge is 2.53. The average Bonchev–Trinajstić information content (AvgIpc) is 2.90. The summed E-state index contributed by atoms with van der Waals surface area (Å²) in [5.41, 5.74) is 0. The zero-order valence-corrected chi connectivity index (χ0v) is 12.2. The number of hydrogen-bond donors (Lipinski definition) is 1. The van der Waals surface area contributed by atoms with E-state index >= 15 is 0 Å². The first-order chi connectivity index (χ1) is 9.49. The van der Waals surface area contributed by atoms with E-state index in [1.807, 2.05) is 6.92 Å². The molecule has 1 heterocycles. The largest absolute Gasteiger partial charge is 0.481 e. The number of aliphatic carboxylic acids is 1. The molecule has 20 heavy (non-hydrogen) atoms. The van der Waals surface area contributed by atoms with E-state index in [0.29, 0.717) is 12.3 Å². The summed E-state index contributed by atoms with van der Waals surface area (Å²) >= 11 is 0. The third kappa shape index (κ3) is 2.58. The van der Waals surface area contributed by atoms with E-state index in [1.165, 1.54) is 4.90 Å². The highest BCUT2D eigenvalue weighted by molar-refractivity contribution is 6.06. The van der Waals surface area contributed by atoms with E-state index in [2.05, 4.69) is 6.92 Å². The third-order valence-electron chi connectivity index (χ3n) is 4.74. The fourth-order valence-electron chi connectivity index (χ4n) is 3.71. The number of imide groups is 1. The fraction of sp³-hybridized carbons (Fsp3) is 0.800. The molecule has 2 amide bonds. The van der Waals surface area contributed by atoms with Crippen molar-refractivity contribution < 1.29 is 19.5 Å². The van der Waals surface area contributed by atoms with Gasteiger partial charge in [0.05, 0.1) is 24.3 Å². The summed E-state index contributed by atoms with van der Waals surface area (Å²) in [4.78, 5) is 37.2. The summed E-state index contributed by atoms with van der Waals surface area (Å²) in [5, 5.41) is 8.98. The number of nitrogens with zero attached hydrogens (tertiary/aromatic N) is 1. The predicted octanol–water partition coefficient (Wildman–Crippen LogP) is 2.05. The third-order valence-corrected chi connectivity index (χ3v) is 4.74. The van der Waals surface area contributed by atoms with Gasteiger partial charge in [-0.15, -0.1) is 0 Å². The summed E-state index contributed by atoms with van der Waals surface area (Å²) in [6.07, 6.45) is 3.77. The monoisotopic (exact) mass is 281 g/mol. The number of carbonyl (C=O) groups is 3. The van der Waals surface area contributed by atoms with Crippen LogP contribution in [0, 0.1) is 17.8 Å². The number of carbonyl (C=O) groups excluding carboxylic acids is 2. The minimum Gasteiger partial charge on any atom is -0.481 e. The van der Waals surface area contributed by atoms with Crippen LogP contribution in [0.5, 0.6) is 0 Å². The van der Waals surface area contributed by atoms with Gasteiger partial charge in [-0.2, -0.15) is 0 Å². The molecule has 2 aliphatic rings. The molecule has 2 rings (SSSR count). The van der Waals surface area contributed by atoms with Crippen molar-refractivity contribution in [2.75, 3.05) is 0 Å². The molecule has 5 nitrogen and oxygen atoms in total. The van der Waals surface area contributed by atoms with Crippen molar-refractivity contribution in [3.63, 3.8) is 0 Å². The van der Waals surface area contributed by atoms with E-state index in [4.69, 9.17) is 5.11 Å². The number of hydrogen-bond acceptors (Lipinski definition) is 3. The fourth-order valence-corrected chi connectivity index (χ4v) is 3.71. The van der Waals surface area contributed by atoms with Crippen LogP contribution in [0.4, 0.5) is 0 Å². The zero-order valence-electron chi connectivity index (χ0n) is 12.2. The Balaban J connectivity index is 2.15. The first-order valence-corrected chi connectivity index (χ1v) is 7.58. The van der Waals surface area contributed by atoms with Gasteiger partial charge in [0.25, 0.3) is 0 Å². The standard InChI is InChI=1S/C15H23NO4/c1-3-5-10(8-13(17)18)16-14(19)11-6-9(4-2)7-12(11)15(16)20/h9-12H,3-8H2,1-2H3,(H,17,18). The number of carboxylic acid groups (broad SMARTS) is 1. The quantitative estimate of drug-likeness (QED) is 0.756. The van der Waals surface area contributed by atoms with Gasteiger partial charge in [0.1, 0.15) is 0 Å². The SMILES string of the molecule is CCCC(CC(=O)O)N1C(=O)C2CC(CC)CC2C1=O. The molecule has 1 N–H and O–H groups in total. The molecule has 112 valence electrons. The van der Waals surface area contributed by atoms with Gasteiger partial charge < -0.3 is 5.11 Å². The number of carboxylic acids is 1. The van der Waals surface area contributed by atoms with E-state index in [1.54, 1.807) is 0 Å². The Morgan fingerprint density at radius 1 is 1.25 bits per heavy atom. The average molecular weight is 281 g/mol. The van der Waals surface area contributed by atoms with Gasteiger partial charge in [-0.1, -0.05) is 26.7 Å². The Kier molecular flexibility index (Phi) is 4.45. The van der Waals surface area contributed by atoms with E-state index in [-0.39, 0.29) is 30.1 Å². The molecule has 0 spiro atoms. The second kappa shape index (κ2) is 5.94. The number of amides is 2. The Bertz CT molecular complexity index is 396. The van der Waals surface area contributed by atoms with Crippen LogP contribution in [0.3, 0.4) is 0 Å². The van der Waals surface area contributed by atoms with Gasteiger partial charge >= 0.3 is 5.97 Å². The minimum absolute atomic E-state index is 0.129. The number of rotatable bonds is 6. The molecule has 2 fully saturated rings. The molecule has 1 aliphatic heterocycles. The maximum absolute atomic E-state index is 12.5. The van der Waals surface area contributed by atoms with E-state index < -0.39 is 12.0 Å². The van der Waals surface area contributed by atoms with Gasteiger partial charge in [-0.3, -0.25) is 19.3 Å². The van der Waals surface area contributed by atoms with Crippen molar-refractivity contribution >= 4 is 17.8 Å². The normalized spacial score (nSPS) is 30.7. The minimum atomic E-state index is -0.951. The highest BCUT2D eigenvalue weighted by Crippen LogP contribution is 2.45. The lowest BCUT2D eigenvalue weighted by molar-refractivity contribution is -0.146. The Morgan fingerprint density at radius 3 is 2.20 bits per heavy atom. The molecule has 0 aromatic carbocycles. The van der Waals surface area contributed by atoms with Gasteiger partial charge in [0.15, 0.2) is 0 Å². The smallest absolute Gasteiger partial charge is 0.305 e. The van der Waals surface area contributed by atoms with Gasteiger partial charge in [0, 0.05) is 0 Å². The Morgan fingerprint density at radius 2 is 1.80 bits per heavy atom. The first kappa shape index (κ1) is 15.0. The van der Waals surface area contributed by atoms with Crippen molar-refractivity contribution in [1.82, 2.24) is 4.90 Å². The molecule has 3 unspecified atom stereocenters. The zero-order chi connectivity index (χ0) is 14.9. The van der Waals surface area contributed by atoms with Crippen LogP contribution in [0.2, 0.25) is 0 Å². The molecular weight excluding hydrogens is 258 g/mol. The van der Waals surface area contributed by atoms with Gasteiger partial charge in [0.2, 0.25) is 11.8 Å². The van der Waals surface area contributed by atoms with Crippen molar-refractivity contribution in [3.8, 4) is 0 Å². The molecule has 3 atom stereocenters. The van der Waals surface area contributed by atoms with Crippen molar-refractivity contribution in [1.29, 1.82) is 0 Å². The summed E-state index contributed by atoms with van der Waals surface area (Å²) in [6.45, 7) is 4.02. The predicted molar refractivity (Wildman–Crippen MR) is 72.8 cm³/mol. The maximum Gasteiger partial charge on any atom is 0.305 e. The van der Waals surface area contributed by atoms with Crippen LogP contribution in [-0.2, 0) is 14.4 Å². The molecule has 0 aromatic rings. The maximum atomic E-state index is 12.5. The number of fused-ring (bicyclic) bond motifs is 1. The summed E-state index contributed by atoms with van der Waals surface area (Å²) in [5.74, 6) is -1.14. The molecule has 0 radical (unpaired) electrons. The van der Waals surface area contributed by atoms with Crippen molar-refractivity contribution in [2.24, 2.45) is 17.8 Å². The van der Waals surface area contributed by atoms with Crippen LogP contribution >= 0.6 is 0 Å². The Labute approximate surface area is 119 Å². The van der Waals surface area contributed by atoms with E-state index in [0.717, 1.165) is 25.7 Å². The lowest BCUT2D eigenvalue weighted by Gasteiger charge is -2.26. The topological polar surface area (TPSA) is 74.7 Å². The highest BCUT2D eigenvalue weighted by atomic mass is 16.4. The summed E-state index contributed by atoms with van der Waals surface area (Å²) < 4.78 is 0. The number of likely N-dealkylation sites (tertiary alicyclic amines) is 1. The van der Waals surface area contributed by atoms with Crippen molar-refractivity contribution in [2.45, 2.75) is 58.4 Å². The van der Waals surface area contributed by atoms with Crippen LogP contribution in [0.1, 0.15) is 52.4 Å². The molecule has 5 heteroatoms. The molecule has 0 aromatic heterocycles. The van der Waals surface area contributed by atoms with Crippen LogP contribution < -0.4 is 0 Å².